The fraction of sp³-hybridized carbons (Fsp3) is 0.286. The number of imidazole rings is 1. The lowest BCUT2D eigenvalue weighted by Gasteiger charge is -2.03. The SMILES string of the molecule is Cn1ccnc1Cn1c(N)n[nH]c1=S. The van der Waals surface area contributed by atoms with E-state index in [0.29, 0.717) is 17.3 Å². The van der Waals surface area contributed by atoms with E-state index in [1.165, 1.54) is 0 Å². The Morgan fingerprint density at radius 3 is 2.93 bits per heavy atom. The Kier molecular flexibility index (Phi) is 2.08. The Morgan fingerprint density at radius 1 is 1.64 bits per heavy atom. The molecule has 0 bridgehead atoms. The first-order chi connectivity index (χ1) is 6.68. The maximum absolute atomic E-state index is 5.62. The molecule has 0 atom stereocenters. The number of aryl methyl sites for hydroxylation is 1. The summed E-state index contributed by atoms with van der Waals surface area (Å²) in [6.45, 7) is 0.532. The predicted molar refractivity (Wildman–Crippen MR) is 54.1 cm³/mol. The molecule has 2 heterocycles. The highest BCUT2D eigenvalue weighted by Crippen LogP contribution is 2.04. The minimum atomic E-state index is 0.373. The molecule has 0 aromatic carbocycles. The van der Waals surface area contributed by atoms with E-state index in [1.807, 2.05) is 17.8 Å². The molecule has 7 heteroatoms. The van der Waals surface area contributed by atoms with Gasteiger partial charge in [-0.3, -0.25) is 4.57 Å². The number of hydrogen-bond donors (Lipinski definition) is 2. The summed E-state index contributed by atoms with van der Waals surface area (Å²) in [5, 5.41) is 6.44. The minimum absolute atomic E-state index is 0.373. The number of hydrogen-bond acceptors (Lipinski definition) is 4. The number of anilines is 1. The monoisotopic (exact) mass is 210 g/mol. The molecule has 2 aromatic heterocycles. The molecule has 2 rings (SSSR count). The van der Waals surface area contributed by atoms with E-state index >= 15 is 0 Å². The number of nitrogens with one attached hydrogen (secondary N) is 1. The van der Waals surface area contributed by atoms with Crippen LogP contribution in [0.4, 0.5) is 5.95 Å². The molecule has 0 saturated carbocycles. The van der Waals surface area contributed by atoms with E-state index in [0.717, 1.165) is 5.82 Å². The highest BCUT2D eigenvalue weighted by molar-refractivity contribution is 7.71. The Morgan fingerprint density at radius 2 is 2.43 bits per heavy atom. The van der Waals surface area contributed by atoms with Crippen molar-refractivity contribution in [2.45, 2.75) is 6.54 Å². The molecule has 6 nitrogen and oxygen atoms in total. The molecule has 0 amide bonds. The van der Waals surface area contributed by atoms with E-state index in [2.05, 4.69) is 15.2 Å². The first-order valence-corrected chi connectivity index (χ1v) is 4.46. The van der Waals surface area contributed by atoms with Gasteiger partial charge in [0.05, 0.1) is 6.54 Å². The normalized spacial score (nSPS) is 10.6. The second-order valence-corrected chi connectivity index (χ2v) is 3.31. The molecule has 0 saturated heterocycles. The number of H-pyrrole nitrogens is 1. The van der Waals surface area contributed by atoms with Crippen LogP contribution < -0.4 is 5.73 Å². The third-order valence-corrected chi connectivity index (χ3v) is 2.32. The molecule has 74 valence electrons. The van der Waals surface area contributed by atoms with Crippen LogP contribution in [0.2, 0.25) is 0 Å². The molecule has 0 spiro atoms. The molecule has 14 heavy (non-hydrogen) atoms. The first kappa shape index (κ1) is 8.95. The van der Waals surface area contributed by atoms with Crippen molar-refractivity contribution in [3.8, 4) is 0 Å². The van der Waals surface area contributed by atoms with Crippen LogP contribution in [0.3, 0.4) is 0 Å². The third kappa shape index (κ3) is 1.41. The zero-order chi connectivity index (χ0) is 10.1. The lowest BCUT2D eigenvalue weighted by molar-refractivity contribution is 0.698. The van der Waals surface area contributed by atoms with Crippen molar-refractivity contribution in [3.63, 3.8) is 0 Å². The molecule has 0 aliphatic rings. The molecule has 2 aromatic rings. The average molecular weight is 210 g/mol. The van der Waals surface area contributed by atoms with Gasteiger partial charge in [-0.15, -0.1) is 5.10 Å². The van der Waals surface area contributed by atoms with Crippen LogP contribution in [-0.4, -0.2) is 24.3 Å². The Bertz CT molecular complexity index is 492. The largest absolute Gasteiger partial charge is 0.368 e. The van der Waals surface area contributed by atoms with Crippen LogP contribution in [0.1, 0.15) is 5.82 Å². The molecule has 0 unspecified atom stereocenters. The molecule has 0 aliphatic carbocycles. The summed E-state index contributed by atoms with van der Waals surface area (Å²) < 4.78 is 4.11. The van der Waals surface area contributed by atoms with E-state index in [4.69, 9.17) is 18.0 Å². The summed E-state index contributed by atoms with van der Waals surface area (Å²) in [7, 11) is 1.92. The predicted octanol–water partition coefficient (Wildman–Crippen LogP) is 0.305. The van der Waals surface area contributed by atoms with Crippen LogP contribution in [0.15, 0.2) is 12.4 Å². The maximum Gasteiger partial charge on any atom is 0.220 e. The van der Waals surface area contributed by atoms with E-state index in [-0.39, 0.29) is 0 Å². The topological polar surface area (TPSA) is 77.4 Å². The van der Waals surface area contributed by atoms with Crippen LogP contribution in [0.5, 0.6) is 0 Å². The van der Waals surface area contributed by atoms with Crippen molar-refractivity contribution in [2.24, 2.45) is 7.05 Å². The van der Waals surface area contributed by atoms with Gasteiger partial charge in [0, 0.05) is 19.4 Å². The summed E-state index contributed by atoms with van der Waals surface area (Å²) in [4.78, 5) is 4.17. The third-order valence-electron chi connectivity index (χ3n) is 2.01. The van der Waals surface area contributed by atoms with Crippen molar-refractivity contribution in [2.75, 3.05) is 5.73 Å². The van der Waals surface area contributed by atoms with Gasteiger partial charge in [0.25, 0.3) is 0 Å². The number of nitrogens with zero attached hydrogens (tertiary/aromatic N) is 4. The zero-order valence-corrected chi connectivity index (χ0v) is 8.45. The standard InChI is InChI=1S/C7H10N6S/c1-12-3-2-9-5(12)4-13-6(8)10-11-7(13)14/h2-3H,4H2,1H3,(H2,8,10)(H,11,14). The van der Waals surface area contributed by atoms with Crippen LogP contribution in [0, 0.1) is 4.77 Å². The summed E-state index contributed by atoms with van der Waals surface area (Å²) in [5.41, 5.74) is 5.62. The molecule has 0 aliphatic heterocycles. The smallest absolute Gasteiger partial charge is 0.220 e. The lowest BCUT2D eigenvalue weighted by Crippen LogP contribution is -2.08. The molecule has 3 N–H and O–H groups in total. The Balaban J connectivity index is 2.36. The number of aromatic amines is 1. The fourth-order valence-corrected chi connectivity index (χ4v) is 1.38. The van der Waals surface area contributed by atoms with Crippen molar-refractivity contribution in [1.82, 2.24) is 24.3 Å². The summed E-state index contributed by atoms with van der Waals surface area (Å²) in [6, 6.07) is 0. The van der Waals surface area contributed by atoms with Crippen molar-refractivity contribution in [1.29, 1.82) is 0 Å². The highest BCUT2D eigenvalue weighted by atomic mass is 32.1. The van der Waals surface area contributed by atoms with E-state index < -0.39 is 0 Å². The Labute approximate surface area is 85.4 Å². The fourth-order valence-electron chi connectivity index (χ4n) is 1.17. The van der Waals surface area contributed by atoms with Gasteiger partial charge in [0.15, 0.2) is 4.77 Å². The summed E-state index contributed by atoms with van der Waals surface area (Å²) in [5.74, 6) is 1.26. The number of aromatic nitrogens is 5. The van der Waals surface area contributed by atoms with Gasteiger partial charge in [-0.1, -0.05) is 0 Å². The Hall–Kier alpha value is -1.63. The van der Waals surface area contributed by atoms with Crippen molar-refractivity contribution in [3.05, 3.63) is 23.0 Å². The van der Waals surface area contributed by atoms with Gasteiger partial charge in [-0.2, -0.15) is 0 Å². The van der Waals surface area contributed by atoms with Crippen LogP contribution in [-0.2, 0) is 13.6 Å². The molecular weight excluding hydrogens is 200 g/mol. The van der Waals surface area contributed by atoms with Gasteiger partial charge in [-0.05, 0) is 12.2 Å². The van der Waals surface area contributed by atoms with E-state index in [1.54, 1.807) is 10.8 Å². The lowest BCUT2D eigenvalue weighted by atomic mass is 10.6. The van der Waals surface area contributed by atoms with Crippen LogP contribution >= 0.6 is 12.2 Å². The van der Waals surface area contributed by atoms with Gasteiger partial charge in [0.1, 0.15) is 5.82 Å². The molecular formula is C7H10N6S. The van der Waals surface area contributed by atoms with Crippen molar-refractivity contribution >= 4 is 18.2 Å². The van der Waals surface area contributed by atoms with Gasteiger partial charge < -0.3 is 10.3 Å². The highest BCUT2D eigenvalue weighted by Gasteiger charge is 2.05. The van der Waals surface area contributed by atoms with Gasteiger partial charge in [0.2, 0.25) is 5.95 Å². The number of nitrogen functional groups attached to an aromatic ring is 1. The first-order valence-electron chi connectivity index (χ1n) is 4.05. The minimum Gasteiger partial charge on any atom is -0.368 e. The number of nitrogens with two attached hydrogens (primary N) is 1. The van der Waals surface area contributed by atoms with Gasteiger partial charge in [-0.25, -0.2) is 10.1 Å². The second-order valence-electron chi connectivity index (χ2n) is 2.93. The van der Waals surface area contributed by atoms with Crippen molar-refractivity contribution < 1.29 is 0 Å². The maximum atomic E-state index is 5.62. The summed E-state index contributed by atoms with van der Waals surface area (Å²) in [6.07, 6.45) is 3.60. The number of rotatable bonds is 2. The zero-order valence-electron chi connectivity index (χ0n) is 7.64. The van der Waals surface area contributed by atoms with Crippen LogP contribution in [0.25, 0.3) is 0 Å². The molecule has 0 radical (unpaired) electrons. The second kappa shape index (κ2) is 3.26. The average Bonchev–Trinajstić information content (AvgIpc) is 2.67. The molecule has 0 fully saturated rings. The quantitative estimate of drug-likeness (QED) is 0.699. The van der Waals surface area contributed by atoms with E-state index in [9.17, 15) is 0 Å². The summed E-state index contributed by atoms with van der Waals surface area (Å²) >= 11 is 5.02. The van der Waals surface area contributed by atoms with Gasteiger partial charge >= 0.3 is 0 Å².